The molecule has 0 amide bonds. The molecule has 0 spiro atoms. The zero-order valence-electron chi connectivity index (χ0n) is 8.07. The Morgan fingerprint density at radius 2 is 1.36 bits per heavy atom. The van der Waals surface area contributed by atoms with Crippen LogP contribution in [0.1, 0.15) is 0 Å². The van der Waals surface area contributed by atoms with Crippen molar-refractivity contribution < 1.29 is 0 Å². The minimum atomic E-state index is -1.49. The van der Waals surface area contributed by atoms with Gasteiger partial charge in [-0.2, -0.15) is 0 Å². The molecule has 0 atom stereocenters. The molecule has 0 unspecified atom stereocenters. The predicted molar refractivity (Wildman–Crippen MR) is 58.5 cm³/mol. The summed E-state index contributed by atoms with van der Waals surface area (Å²) in [5.41, 5.74) is 4.08. The standard InChI is InChI=1S/C8H19NSi2/c1-7-11(6,8-2)9-10(3,4)5/h7-9H,1-2H2,3-6H3. The summed E-state index contributed by atoms with van der Waals surface area (Å²) in [5.74, 6) is 0. The second-order valence-electron chi connectivity index (χ2n) is 4.07. The van der Waals surface area contributed by atoms with Gasteiger partial charge in [-0.1, -0.05) is 31.0 Å². The van der Waals surface area contributed by atoms with E-state index in [0.29, 0.717) is 0 Å². The van der Waals surface area contributed by atoms with E-state index in [1.165, 1.54) is 0 Å². The lowest BCUT2D eigenvalue weighted by Crippen LogP contribution is -2.57. The SMILES string of the molecule is C=C[Si](C)(C=C)N[Si](C)(C)C. The summed E-state index contributed by atoms with van der Waals surface area (Å²) in [7, 11) is -2.66. The lowest BCUT2D eigenvalue weighted by molar-refractivity contribution is 1.34. The monoisotopic (exact) mass is 185 g/mol. The summed E-state index contributed by atoms with van der Waals surface area (Å²) in [6.45, 7) is 16.8. The summed E-state index contributed by atoms with van der Waals surface area (Å²) < 4.78 is 3.67. The lowest BCUT2D eigenvalue weighted by Gasteiger charge is -2.29. The van der Waals surface area contributed by atoms with Gasteiger partial charge in [-0.05, 0) is 6.55 Å². The molecule has 0 heterocycles. The highest BCUT2D eigenvalue weighted by molar-refractivity contribution is 6.96. The van der Waals surface area contributed by atoms with Crippen LogP contribution in [0.3, 0.4) is 0 Å². The molecule has 3 heteroatoms. The molecule has 0 rings (SSSR count). The van der Waals surface area contributed by atoms with Crippen molar-refractivity contribution in [2.75, 3.05) is 0 Å². The molecule has 0 aromatic heterocycles. The highest BCUT2D eigenvalue weighted by Gasteiger charge is 2.26. The van der Waals surface area contributed by atoms with E-state index in [2.05, 4.69) is 44.0 Å². The van der Waals surface area contributed by atoms with Crippen LogP contribution >= 0.6 is 0 Å². The molecule has 0 bridgehead atoms. The van der Waals surface area contributed by atoms with Crippen LogP contribution in [0, 0.1) is 0 Å². The number of rotatable bonds is 4. The van der Waals surface area contributed by atoms with Crippen LogP contribution in [0.25, 0.3) is 0 Å². The van der Waals surface area contributed by atoms with Crippen LogP contribution in [0.4, 0.5) is 0 Å². The highest BCUT2D eigenvalue weighted by Crippen LogP contribution is 2.06. The van der Waals surface area contributed by atoms with Crippen molar-refractivity contribution in [1.82, 2.24) is 4.65 Å². The van der Waals surface area contributed by atoms with Crippen molar-refractivity contribution in [3.05, 3.63) is 24.6 Å². The van der Waals surface area contributed by atoms with Gasteiger partial charge < -0.3 is 4.65 Å². The van der Waals surface area contributed by atoms with Crippen molar-refractivity contribution in [3.63, 3.8) is 0 Å². The average Bonchev–Trinajstić information content (AvgIpc) is 1.84. The summed E-state index contributed by atoms with van der Waals surface area (Å²) in [6, 6.07) is 0. The molecule has 0 saturated heterocycles. The van der Waals surface area contributed by atoms with E-state index in [1.54, 1.807) is 0 Å². The Morgan fingerprint density at radius 3 is 1.45 bits per heavy atom. The minimum Gasteiger partial charge on any atom is -0.353 e. The Labute approximate surface area is 72.4 Å². The van der Waals surface area contributed by atoms with Crippen LogP contribution < -0.4 is 4.65 Å². The van der Waals surface area contributed by atoms with E-state index in [0.717, 1.165) is 0 Å². The Kier molecular flexibility index (Phi) is 3.47. The fraction of sp³-hybridized carbons (Fsp3) is 0.500. The molecule has 0 radical (unpaired) electrons. The van der Waals surface area contributed by atoms with Crippen LogP contribution in [0.15, 0.2) is 24.6 Å². The van der Waals surface area contributed by atoms with E-state index in [-0.39, 0.29) is 0 Å². The normalized spacial score (nSPS) is 12.7. The van der Waals surface area contributed by atoms with Crippen molar-refractivity contribution in [1.29, 1.82) is 0 Å². The van der Waals surface area contributed by atoms with Gasteiger partial charge in [0.2, 0.25) is 0 Å². The first kappa shape index (κ1) is 10.9. The van der Waals surface area contributed by atoms with Gasteiger partial charge in [-0.25, -0.2) is 0 Å². The molecule has 0 aliphatic carbocycles. The molecular formula is C8H19NSi2. The molecule has 0 aromatic carbocycles. The second-order valence-corrected chi connectivity index (χ2v) is 12.9. The van der Waals surface area contributed by atoms with Crippen LogP contribution in [0.2, 0.25) is 26.2 Å². The fourth-order valence-corrected chi connectivity index (χ4v) is 8.44. The van der Waals surface area contributed by atoms with Crippen molar-refractivity contribution >= 4 is 16.5 Å². The van der Waals surface area contributed by atoms with Gasteiger partial charge in [0.05, 0.1) is 0 Å². The second kappa shape index (κ2) is 3.51. The van der Waals surface area contributed by atoms with Crippen LogP contribution in [-0.4, -0.2) is 16.5 Å². The van der Waals surface area contributed by atoms with E-state index in [9.17, 15) is 0 Å². The molecule has 64 valence electrons. The molecule has 0 aromatic rings. The van der Waals surface area contributed by atoms with Crippen molar-refractivity contribution in [2.45, 2.75) is 26.2 Å². The Hall–Kier alpha value is -0.126. The topological polar surface area (TPSA) is 12.0 Å². The summed E-state index contributed by atoms with van der Waals surface area (Å²) in [5, 5.41) is 0. The first-order valence-corrected chi connectivity index (χ1v) is 10.0. The number of hydrogen-bond donors (Lipinski definition) is 1. The van der Waals surface area contributed by atoms with Crippen LogP contribution in [0.5, 0.6) is 0 Å². The number of hydrogen-bond acceptors (Lipinski definition) is 1. The maximum Gasteiger partial charge on any atom is 0.164 e. The van der Waals surface area contributed by atoms with Crippen molar-refractivity contribution in [3.8, 4) is 0 Å². The van der Waals surface area contributed by atoms with Gasteiger partial charge in [0, 0.05) is 0 Å². The molecule has 1 N–H and O–H groups in total. The highest BCUT2D eigenvalue weighted by atomic mass is 28.4. The lowest BCUT2D eigenvalue weighted by atomic mass is 11.2. The van der Waals surface area contributed by atoms with E-state index in [4.69, 9.17) is 0 Å². The first-order valence-electron chi connectivity index (χ1n) is 3.89. The molecule has 0 aliphatic heterocycles. The third-order valence-electron chi connectivity index (χ3n) is 1.49. The molecule has 0 fully saturated rings. The third-order valence-corrected chi connectivity index (χ3v) is 8.34. The maximum absolute atomic E-state index is 3.84. The quantitative estimate of drug-likeness (QED) is 0.663. The molecule has 1 nitrogen and oxygen atoms in total. The van der Waals surface area contributed by atoms with Gasteiger partial charge in [0.1, 0.15) is 8.24 Å². The van der Waals surface area contributed by atoms with Crippen LogP contribution in [-0.2, 0) is 0 Å². The smallest absolute Gasteiger partial charge is 0.164 e. The molecule has 11 heavy (non-hydrogen) atoms. The van der Waals surface area contributed by atoms with E-state index in [1.807, 2.05) is 11.4 Å². The molecular weight excluding hydrogens is 166 g/mol. The Bertz CT molecular complexity index is 150. The summed E-state index contributed by atoms with van der Waals surface area (Å²) in [6.07, 6.45) is 0. The van der Waals surface area contributed by atoms with Crippen molar-refractivity contribution in [2.24, 2.45) is 0 Å². The van der Waals surface area contributed by atoms with Gasteiger partial charge in [-0.3, -0.25) is 0 Å². The Morgan fingerprint density at radius 1 is 1.00 bits per heavy atom. The summed E-state index contributed by atoms with van der Waals surface area (Å²) in [4.78, 5) is 0. The zero-order chi connectivity index (χ0) is 9.12. The van der Waals surface area contributed by atoms with Gasteiger partial charge in [0.25, 0.3) is 0 Å². The van der Waals surface area contributed by atoms with Gasteiger partial charge in [0.15, 0.2) is 8.24 Å². The summed E-state index contributed by atoms with van der Waals surface area (Å²) >= 11 is 0. The number of nitrogens with one attached hydrogen (secondary N) is 1. The van der Waals surface area contributed by atoms with Gasteiger partial charge in [-0.15, -0.1) is 13.2 Å². The fourth-order valence-electron chi connectivity index (χ4n) is 0.993. The third kappa shape index (κ3) is 4.34. The Balaban J connectivity index is 4.31. The van der Waals surface area contributed by atoms with Gasteiger partial charge >= 0.3 is 0 Å². The van der Waals surface area contributed by atoms with E-state index >= 15 is 0 Å². The minimum absolute atomic E-state index is 1.17. The largest absolute Gasteiger partial charge is 0.353 e. The first-order chi connectivity index (χ1) is 4.83. The predicted octanol–water partition coefficient (Wildman–Crippen LogP) is 2.44. The molecule has 0 aliphatic rings. The van der Waals surface area contributed by atoms with E-state index < -0.39 is 16.5 Å². The average molecular weight is 185 g/mol. The zero-order valence-corrected chi connectivity index (χ0v) is 10.1. The maximum atomic E-state index is 3.84. The molecule has 0 saturated carbocycles.